The molecule has 1 aromatic carbocycles. The summed E-state index contributed by atoms with van der Waals surface area (Å²) < 4.78 is 19.0. The normalized spacial score (nSPS) is 16.2. The van der Waals surface area contributed by atoms with Crippen LogP contribution in [0.4, 0.5) is 4.39 Å². The minimum absolute atomic E-state index is 0.0160. The highest BCUT2D eigenvalue weighted by Crippen LogP contribution is 2.23. The summed E-state index contributed by atoms with van der Waals surface area (Å²) in [7, 11) is 1.44. The Morgan fingerprint density at radius 3 is 2.65 bits per heavy atom. The van der Waals surface area contributed by atoms with E-state index in [1.807, 2.05) is 0 Å². The topological polar surface area (TPSA) is 58.8 Å². The van der Waals surface area contributed by atoms with E-state index in [0.717, 1.165) is 19.6 Å². The third kappa shape index (κ3) is 3.08. The number of ether oxygens (including phenoxy) is 1. The van der Waals surface area contributed by atoms with Gasteiger partial charge in [-0.2, -0.15) is 0 Å². The van der Waals surface area contributed by atoms with Crippen molar-refractivity contribution in [1.82, 2.24) is 9.80 Å². The van der Waals surface area contributed by atoms with Crippen molar-refractivity contribution in [3.8, 4) is 5.75 Å². The molecular formula is C14H20FN3O2. The molecule has 0 saturated carbocycles. The average molecular weight is 281 g/mol. The molecule has 0 atom stereocenters. The molecule has 0 aliphatic carbocycles. The summed E-state index contributed by atoms with van der Waals surface area (Å²) in [6, 6.07) is 4.41. The molecule has 1 heterocycles. The maximum absolute atomic E-state index is 13.9. The zero-order chi connectivity index (χ0) is 14.5. The van der Waals surface area contributed by atoms with E-state index in [-0.39, 0.29) is 17.2 Å². The highest BCUT2D eigenvalue weighted by molar-refractivity contribution is 5.97. The van der Waals surface area contributed by atoms with Gasteiger partial charge in [0.1, 0.15) is 17.1 Å². The first-order chi connectivity index (χ1) is 9.67. The Hall–Kier alpha value is -1.66. The van der Waals surface area contributed by atoms with Crippen molar-refractivity contribution in [2.45, 2.75) is 0 Å². The second-order valence-electron chi connectivity index (χ2n) is 4.74. The molecule has 1 fully saturated rings. The van der Waals surface area contributed by atoms with Crippen LogP contribution in [-0.2, 0) is 0 Å². The van der Waals surface area contributed by atoms with E-state index in [1.165, 1.54) is 19.2 Å². The Balaban J connectivity index is 2.09. The second kappa shape index (κ2) is 6.67. The van der Waals surface area contributed by atoms with Crippen molar-refractivity contribution < 1.29 is 13.9 Å². The molecule has 0 spiro atoms. The summed E-state index contributed by atoms with van der Waals surface area (Å²) in [5.74, 6) is -0.578. The van der Waals surface area contributed by atoms with Gasteiger partial charge < -0.3 is 15.4 Å². The van der Waals surface area contributed by atoms with Crippen LogP contribution in [0.3, 0.4) is 0 Å². The lowest BCUT2D eigenvalue weighted by atomic mass is 10.1. The van der Waals surface area contributed by atoms with Gasteiger partial charge in [0.2, 0.25) is 0 Å². The van der Waals surface area contributed by atoms with Crippen molar-refractivity contribution in [3.63, 3.8) is 0 Å². The molecule has 110 valence electrons. The van der Waals surface area contributed by atoms with E-state index < -0.39 is 5.82 Å². The van der Waals surface area contributed by atoms with Gasteiger partial charge in [-0.25, -0.2) is 4.39 Å². The van der Waals surface area contributed by atoms with Crippen molar-refractivity contribution >= 4 is 5.91 Å². The number of nitrogens with zero attached hydrogens (tertiary/aromatic N) is 2. The first-order valence-corrected chi connectivity index (χ1v) is 6.71. The predicted octanol–water partition coefficient (Wildman–Crippen LogP) is 0.551. The molecule has 1 saturated heterocycles. The third-order valence-electron chi connectivity index (χ3n) is 3.51. The molecule has 2 N–H and O–H groups in total. The van der Waals surface area contributed by atoms with Crippen LogP contribution in [0.15, 0.2) is 18.2 Å². The fourth-order valence-corrected chi connectivity index (χ4v) is 2.40. The second-order valence-corrected chi connectivity index (χ2v) is 4.74. The summed E-state index contributed by atoms with van der Waals surface area (Å²) in [5.41, 5.74) is 5.53. The monoisotopic (exact) mass is 281 g/mol. The molecule has 2 rings (SSSR count). The molecule has 0 bridgehead atoms. The van der Waals surface area contributed by atoms with Crippen molar-refractivity contribution in [2.75, 3.05) is 46.4 Å². The van der Waals surface area contributed by atoms with Gasteiger partial charge in [-0.1, -0.05) is 6.07 Å². The average Bonchev–Trinajstić information content (AvgIpc) is 2.47. The minimum atomic E-state index is -0.543. The number of benzene rings is 1. The van der Waals surface area contributed by atoms with Crippen molar-refractivity contribution in [3.05, 3.63) is 29.6 Å². The Morgan fingerprint density at radius 1 is 1.35 bits per heavy atom. The highest BCUT2D eigenvalue weighted by atomic mass is 19.1. The lowest BCUT2D eigenvalue weighted by molar-refractivity contribution is 0.0633. The van der Waals surface area contributed by atoms with E-state index in [2.05, 4.69) is 4.90 Å². The minimum Gasteiger partial charge on any atom is -0.496 e. The number of halogens is 1. The molecule has 1 amide bonds. The van der Waals surface area contributed by atoms with Crippen LogP contribution in [0.5, 0.6) is 5.75 Å². The Bertz CT molecular complexity index is 473. The molecular weight excluding hydrogens is 261 g/mol. The summed E-state index contributed by atoms with van der Waals surface area (Å²) in [5, 5.41) is 0. The Morgan fingerprint density at radius 2 is 2.05 bits per heavy atom. The lowest BCUT2D eigenvalue weighted by Gasteiger charge is -2.34. The molecule has 1 aliphatic heterocycles. The first-order valence-electron chi connectivity index (χ1n) is 6.71. The SMILES string of the molecule is COc1cccc(F)c1C(=O)N1CCN(CCN)CC1. The standard InChI is InChI=1S/C14H20FN3O2/c1-20-12-4-2-3-11(15)13(12)14(19)18-9-7-17(6-5-16)8-10-18/h2-4H,5-10,16H2,1H3. The number of rotatable bonds is 4. The van der Waals surface area contributed by atoms with E-state index in [1.54, 1.807) is 11.0 Å². The third-order valence-corrected chi connectivity index (χ3v) is 3.51. The van der Waals surface area contributed by atoms with Crippen LogP contribution in [0.25, 0.3) is 0 Å². The molecule has 6 heteroatoms. The van der Waals surface area contributed by atoms with Gasteiger partial charge >= 0.3 is 0 Å². The summed E-state index contributed by atoms with van der Waals surface area (Å²) >= 11 is 0. The molecule has 0 radical (unpaired) electrons. The van der Waals surface area contributed by atoms with Crippen LogP contribution < -0.4 is 10.5 Å². The maximum atomic E-state index is 13.9. The lowest BCUT2D eigenvalue weighted by Crippen LogP contribution is -2.49. The summed E-state index contributed by atoms with van der Waals surface area (Å²) in [4.78, 5) is 16.3. The number of carbonyl (C=O) groups excluding carboxylic acids is 1. The van der Waals surface area contributed by atoms with Crippen LogP contribution in [0.1, 0.15) is 10.4 Å². The molecule has 1 aromatic rings. The molecule has 0 aromatic heterocycles. The van der Waals surface area contributed by atoms with Gasteiger partial charge in [0.25, 0.3) is 5.91 Å². The predicted molar refractivity (Wildman–Crippen MR) is 74.3 cm³/mol. The van der Waals surface area contributed by atoms with Crippen LogP contribution in [-0.4, -0.2) is 62.1 Å². The highest BCUT2D eigenvalue weighted by Gasteiger charge is 2.26. The number of carbonyl (C=O) groups is 1. The van der Waals surface area contributed by atoms with Gasteiger partial charge in [0.05, 0.1) is 7.11 Å². The smallest absolute Gasteiger partial charge is 0.260 e. The maximum Gasteiger partial charge on any atom is 0.260 e. The Labute approximate surface area is 118 Å². The van der Waals surface area contributed by atoms with Crippen LogP contribution in [0, 0.1) is 5.82 Å². The number of piperazine rings is 1. The summed E-state index contributed by atoms with van der Waals surface area (Å²) in [6.07, 6.45) is 0. The molecule has 20 heavy (non-hydrogen) atoms. The van der Waals surface area contributed by atoms with Crippen molar-refractivity contribution in [2.24, 2.45) is 5.73 Å². The van der Waals surface area contributed by atoms with Gasteiger partial charge in [0, 0.05) is 39.3 Å². The number of amides is 1. The van der Waals surface area contributed by atoms with Crippen molar-refractivity contribution in [1.29, 1.82) is 0 Å². The quantitative estimate of drug-likeness (QED) is 0.875. The van der Waals surface area contributed by atoms with E-state index in [4.69, 9.17) is 10.5 Å². The largest absolute Gasteiger partial charge is 0.496 e. The number of hydrogen-bond acceptors (Lipinski definition) is 4. The number of hydrogen-bond donors (Lipinski definition) is 1. The first kappa shape index (κ1) is 14.7. The fraction of sp³-hybridized carbons (Fsp3) is 0.500. The van der Waals surface area contributed by atoms with Crippen LogP contribution in [0.2, 0.25) is 0 Å². The van der Waals surface area contributed by atoms with Gasteiger partial charge in [-0.15, -0.1) is 0 Å². The van der Waals surface area contributed by atoms with Gasteiger partial charge in [0.15, 0.2) is 0 Å². The van der Waals surface area contributed by atoms with Crippen LogP contribution >= 0.6 is 0 Å². The number of nitrogens with two attached hydrogens (primary N) is 1. The van der Waals surface area contributed by atoms with Gasteiger partial charge in [-0.05, 0) is 12.1 Å². The fourth-order valence-electron chi connectivity index (χ4n) is 2.40. The molecule has 0 unspecified atom stereocenters. The number of methoxy groups -OCH3 is 1. The van der Waals surface area contributed by atoms with E-state index in [9.17, 15) is 9.18 Å². The Kier molecular flexibility index (Phi) is 4.92. The zero-order valence-electron chi connectivity index (χ0n) is 11.6. The molecule has 5 nitrogen and oxygen atoms in total. The van der Waals surface area contributed by atoms with E-state index in [0.29, 0.717) is 19.6 Å². The zero-order valence-corrected chi connectivity index (χ0v) is 11.6. The summed E-state index contributed by atoms with van der Waals surface area (Å²) in [6.45, 7) is 4.12. The molecule has 1 aliphatic rings. The van der Waals surface area contributed by atoms with Gasteiger partial charge in [-0.3, -0.25) is 9.69 Å². The van der Waals surface area contributed by atoms with E-state index >= 15 is 0 Å².